The van der Waals surface area contributed by atoms with Gasteiger partial charge in [0.15, 0.2) is 0 Å². The molecule has 2 rings (SSSR count). The van der Waals surface area contributed by atoms with Gasteiger partial charge in [-0.25, -0.2) is 0 Å². The Labute approximate surface area is 72.0 Å². The molecule has 0 saturated carbocycles. The van der Waals surface area contributed by atoms with Gasteiger partial charge in [0, 0.05) is 19.2 Å². The summed E-state index contributed by atoms with van der Waals surface area (Å²) in [5, 5.41) is 13.8. The topological polar surface area (TPSA) is 38.0 Å². The Morgan fingerprint density at radius 2 is 2.33 bits per heavy atom. The molecule has 66 valence electrons. The molecule has 0 amide bonds. The van der Waals surface area contributed by atoms with Gasteiger partial charge in [0.2, 0.25) is 0 Å². The highest BCUT2D eigenvalue weighted by molar-refractivity contribution is 5.28. The first-order chi connectivity index (χ1) is 5.68. The summed E-state index contributed by atoms with van der Waals surface area (Å²) in [6.45, 7) is 2.06. The summed E-state index contributed by atoms with van der Waals surface area (Å²) in [7, 11) is 1.96. The lowest BCUT2D eigenvalue weighted by molar-refractivity contribution is 0.158. The highest BCUT2D eigenvalue weighted by atomic mass is 16.3. The zero-order valence-electron chi connectivity index (χ0n) is 7.54. The summed E-state index contributed by atoms with van der Waals surface area (Å²) in [6, 6.07) is 0. The van der Waals surface area contributed by atoms with Crippen LogP contribution in [0.1, 0.15) is 23.4 Å². The zero-order valence-corrected chi connectivity index (χ0v) is 7.54. The predicted molar refractivity (Wildman–Crippen MR) is 46.0 cm³/mol. The fourth-order valence-electron chi connectivity index (χ4n) is 1.83. The number of hydrogen-bond donors (Lipinski definition) is 1. The van der Waals surface area contributed by atoms with Crippen LogP contribution >= 0.6 is 0 Å². The van der Waals surface area contributed by atoms with E-state index in [-0.39, 0.29) is 6.10 Å². The van der Waals surface area contributed by atoms with Crippen molar-refractivity contribution in [2.45, 2.75) is 32.3 Å². The standard InChI is InChI=1S/C9H14N2O/c1-6-8-5-7(12)3-4-9(8)10-11(6)2/h7,12H,3-5H2,1-2H3. The fraction of sp³-hybridized carbons (Fsp3) is 0.667. The smallest absolute Gasteiger partial charge is 0.0661 e. The first kappa shape index (κ1) is 7.80. The first-order valence-electron chi connectivity index (χ1n) is 4.38. The van der Waals surface area contributed by atoms with Crippen LogP contribution in [0.5, 0.6) is 0 Å². The highest BCUT2D eigenvalue weighted by Crippen LogP contribution is 2.22. The van der Waals surface area contributed by atoms with Crippen LogP contribution in [0.3, 0.4) is 0 Å². The van der Waals surface area contributed by atoms with Crippen LogP contribution in [-0.2, 0) is 19.9 Å². The van der Waals surface area contributed by atoms with E-state index in [0.29, 0.717) is 0 Å². The van der Waals surface area contributed by atoms with Crippen LogP contribution in [0.25, 0.3) is 0 Å². The molecule has 1 aliphatic carbocycles. The summed E-state index contributed by atoms with van der Waals surface area (Å²) < 4.78 is 1.91. The number of aromatic nitrogens is 2. The number of aliphatic hydroxyl groups is 1. The molecule has 1 atom stereocenters. The number of hydrogen-bond acceptors (Lipinski definition) is 2. The molecule has 1 aromatic rings. The normalized spacial score (nSPS) is 22.4. The quantitative estimate of drug-likeness (QED) is 0.612. The van der Waals surface area contributed by atoms with E-state index in [1.54, 1.807) is 0 Å². The van der Waals surface area contributed by atoms with E-state index in [0.717, 1.165) is 19.3 Å². The summed E-state index contributed by atoms with van der Waals surface area (Å²) in [6.07, 6.45) is 2.43. The van der Waals surface area contributed by atoms with Gasteiger partial charge in [-0.15, -0.1) is 0 Å². The Morgan fingerprint density at radius 3 is 3.08 bits per heavy atom. The van der Waals surface area contributed by atoms with Crippen LogP contribution in [0.15, 0.2) is 0 Å². The van der Waals surface area contributed by atoms with E-state index in [1.807, 2.05) is 11.7 Å². The minimum absolute atomic E-state index is 0.152. The van der Waals surface area contributed by atoms with Gasteiger partial charge >= 0.3 is 0 Å². The van der Waals surface area contributed by atoms with Crippen molar-refractivity contribution in [2.24, 2.45) is 7.05 Å². The summed E-state index contributed by atoms with van der Waals surface area (Å²) in [5.41, 5.74) is 3.64. The molecule has 1 N–H and O–H groups in total. The van der Waals surface area contributed by atoms with Gasteiger partial charge in [-0.05, 0) is 25.3 Å². The number of nitrogens with zero attached hydrogens (tertiary/aromatic N) is 2. The van der Waals surface area contributed by atoms with Gasteiger partial charge in [-0.3, -0.25) is 4.68 Å². The molecule has 0 aliphatic heterocycles. The molecule has 1 aliphatic rings. The van der Waals surface area contributed by atoms with Crippen molar-refractivity contribution in [2.75, 3.05) is 0 Å². The summed E-state index contributed by atoms with van der Waals surface area (Å²) >= 11 is 0. The van der Waals surface area contributed by atoms with Gasteiger partial charge in [0.1, 0.15) is 0 Å². The fourth-order valence-corrected chi connectivity index (χ4v) is 1.83. The van der Waals surface area contributed by atoms with Gasteiger partial charge in [-0.2, -0.15) is 5.10 Å². The second-order valence-corrected chi connectivity index (χ2v) is 3.53. The van der Waals surface area contributed by atoms with Crippen LogP contribution in [0, 0.1) is 6.92 Å². The van der Waals surface area contributed by atoms with Gasteiger partial charge in [0.25, 0.3) is 0 Å². The minimum atomic E-state index is -0.152. The third-order valence-electron chi connectivity index (χ3n) is 2.70. The predicted octanol–water partition coefficient (Wildman–Crippen LogP) is 0.578. The Morgan fingerprint density at radius 1 is 1.58 bits per heavy atom. The Balaban J connectivity index is 2.44. The lowest BCUT2D eigenvalue weighted by atomic mass is 9.94. The average molecular weight is 166 g/mol. The maximum atomic E-state index is 9.45. The van der Waals surface area contributed by atoms with Crippen molar-refractivity contribution in [3.8, 4) is 0 Å². The van der Waals surface area contributed by atoms with Gasteiger partial charge in [-0.1, -0.05) is 0 Å². The SMILES string of the molecule is Cc1c2c(nn1C)CCC(O)C2. The summed E-state index contributed by atoms with van der Waals surface area (Å²) in [4.78, 5) is 0. The van der Waals surface area contributed by atoms with Crippen molar-refractivity contribution in [1.82, 2.24) is 9.78 Å². The van der Waals surface area contributed by atoms with Crippen molar-refractivity contribution in [3.05, 3.63) is 17.0 Å². The molecule has 0 bridgehead atoms. The van der Waals surface area contributed by atoms with E-state index in [9.17, 15) is 5.11 Å². The number of rotatable bonds is 0. The molecule has 1 heterocycles. The van der Waals surface area contributed by atoms with E-state index in [2.05, 4.69) is 12.0 Å². The molecule has 0 spiro atoms. The molecule has 0 aromatic carbocycles. The van der Waals surface area contributed by atoms with E-state index < -0.39 is 0 Å². The Hall–Kier alpha value is -0.830. The lowest BCUT2D eigenvalue weighted by Gasteiger charge is -2.16. The van der Waals surface area contributed by atoms with Gasteiger partial charge in [0.05, 0.1) is 11.8 Å². The molecule has 12 heavy (non-hydrogen) atoms. The number of aliphatic hydroxyl groups excluding tert-OH is 1. The van der Waals surface area contributed by atoms with Crippen molar-refractivity contribution in [1.29, 1.82) is 0 Å². The number of aryl methyl sites for hydroxylation is 2. The van der Waals surface area contributed by atoms with Crippen LogP contribution in [0.2, 0.25) is 0 Å². The molecular formula is C9H14N2O. The molecule has 1 unspecified atom stereocenters. The Bertz CT molecular complexity index is 304. The van der Waals surface area contributed by atoms with Crippen LogP contribution in [0.4, 0.5) is 0 Å². The number of fused-ring (bicyclic) bond motifs is 1. The molecule has 3 nitrogen and oxygen atoms in total. The molecule has 0 saturated heterocycles. The Kier molecular flexibility index (Phi) is 1.68. The molecule has 3 heteroatoms. The van der Waals surface area contributed by atoms with E-state index in [4.69, 9.17) is 0 Å². The third-order valence-corrected chi connectivity index (χ3v) is 2.70. The van der Waals surface area contributed by atoms with Crippen molar-refractivity contribution < 1.29 is 5.11 Å². The monoisotopic (exact) mass is 166 g/mol. The summed E-state index contributed by atoms with van der Waals surface area (Å²) in [5.74, 6) is 0. The van der Waals surface area contributed by atoms with Gasteiger partial charge < -0.3 is 5.11 Å². The van der Waals surface area contributed by atoms with E-state index >= 15 is 0 Å². The van der Waals surface area contributed by atoms with Crippen LogP contribution < -0.4 is 0 Å². The highest BCUT2D eigenvalue weighted by Gasteiger charge is 2.21. The second-order valence-electron chi connectivity index (χ2n) is 3.53. The van der Waals surface area contributed by atoms with Crippen molar-refractivity contribution in [3.63, 3.8) is 0 Å². The molecule has 1 aromatic heterocycles. The second kappa shape index (κ2) is 2.59. The maximum Gasteiger partial charge on any atom is 0.0661 e. The van der Waals surface area contributed by atoms with E-state index in [1.165, 1.54) is 17.0 Å². The van der Waals surface area contributed by atoms with Crippen LogP contribution in [-0.4, -0.2) is 21.0 Å². The molecular weight excluding hydrogens is 152 g/mol. The lowest BCUT2D eigenvalue weighted by Crippen LogP contribution is -2.18. The molecule has 0 fully saturated rings. The average Bonchev–Trinajstić information content (AvgIpc) is 2.31. The first-order valence-corrected chi connectivity index (χ1v) is 4.38. The third kappa shape index (κ3) is 1.05. The minimum Gasteiger partial charge on any atom is -0.393 e. The molecule has 0 radical (unpaired) electrons. The zero-order chi connectivity index (χ0) is 8.72. The maximum absolute atomic E-state index is 9.45. The largest absolute Gasteiger partial charge is 0.393 e. The van der Waals surface area contributed by atoms with Crippen molar-refractivity contribution >= 4 is 0 Å².